The van der Waals surface area contributed by atoms with Crippen molar-refractivity contribution < 1.29 is 19.4 Å². The highest BCUT2D eigenvalue weighted by Crippen LogP contribution is 2.26. The number of benzene rings is 2. The first-order chi connectivity index (χ1) is 12.9. The molecule has 27 heavy (non-hydrogen) atoms. The van der Waals surface area contributed by atoms with Crippen molar-refractivity contribution in [2.24, 2.45) is 0 Å². The van der Waals surface area contributed by atoms with E-state index in [4.69, 9.17) is 4.74 Å². The number of phenols is 1. The van der Waals surface area contributed by atoms with E-state index in [0.717, 1.165) is 5.56 Å². The molecule has 0 saturated heterocycles. The second kappa shape index (κ2) is 9.62. The summed E-state index contributed by atoms with van der Waals surface area (Å²) in [7, 11) is 0. The van der Waals surface area contributed by atoms with Gasteiger partial charge in [0, 0.05) is 18.7 Å². The van der Waals surface area contributed by atoms with Crippen LogP contribution in [0.2, 0.25) is 0 Å². The Bertz CT molecular complexity index is 789. The summed E-state index contributed by atoms with van der Waals surface area (Å²) in [5.74, 6) is 0.468. The average molecular weight is 370 g/mol. The number of amides is 2. The van der Waals surface area contributed by atoms with E-state index in [2.05, 4.69) is 24.5 Å². The van der Waals surface area contributed by atoms with Crippen LogP contribution in [0.1, 0.15) is 42.6 Å². The lowest BCUT2D eigenvalue weighted by Gasteiger charge is -2.18. The summed E-state index contributed by atoms with van der Waals surface area (Å²) < 4.78 is 5.80. The fourth-order valence-corrected chi connectivity index (χ4v) is 2.56. The van der Waals surface area contributed by atoms with Gasteiger partial charge in [-0.3, -0.25) is 9.59 Å². The van der Waals surface area contributed by atoms with E-state index in [1.807, 2.05) is 24.3 Å². The topological polar surface area (TPSA) is 87.7 Å². The Kier molecular flexibility index (Phi) is 7.23. The number of hydrogen-bond donors (Lipinski definition) is 3. The molecule has 0 aromatic heterocycles. The van der Waals surface area contributed by atoms with Gasteiger partial charge in [-0.15, -0.1) is 0 Å². The highest BCUT2D eigenvalue weighted by atomic mass is 16.5. The van der Waals surface area contributed by atoms with Crippen molar-refractivity contribution in [2.75, 3.05) is 13.1 Å². The van der Waals surface area contributed by atoms with E-state index >= 15 is 0 Å². The van der Waals surface area contributed by atoms with Crippen LogP contribution in [0, 0.1) is 0 Å². The van der Waals surface area contributed by atoms with Gasteiger partial charge in [0.05, 0.1) is 0 Å². The molecule has 0 saturated carbocycles. The summed E-state index contributed by atoms with van der Waals surface area (Å²) >= 11 is 0. The lowest BCUT2D eigenvalue weighted by Crippen LogP contribution is -2.40. The van der Waals surface area contributed by atoms with Crippen LogP contribution in [0.15, 0.2) is 48.5 Å². The van der Waals surface area contributed by atoms with Crippen LogP contribution in [0.3, 0.4) is 0 Å². The van der Waals surface area contributed by atoms with Crippen molar-refractivity contribution in [3.63, 3.8) is 0 Å². The fourth-order valence-electron chi connectivity index (χ4n) is 2.56. The molecule has 144 valence electrons. The Labute approximate surface area is 159 Å². The lowest BCUT2D eigenvalue weighted by molar-refractivity contribution is -0.127. The zero-order chi connectivity index (χ0) is 19.8. The van der Waals surface area contributed by atoms with Gasteiger partial charge in [-0.1, -0.05) is 38.1 Å². The average Bonchev–Trinajstić information content (AvgIpc) is 2.65. The molecule has 1 unspecified atom stereocenters. The van der Waals surface area contributed by atoms with Gasteiger partial charge in [-0.2, -0.15) is 0 Å². The summed E-state index contributed by atoms with van der Waals surface area (Å²) in [4.78, 5) is 24.2. The first-order valence-electron chi connectivity index (χ1n) is 8.99. The minimum Gasteiger partial charge on any atom is -0.508 e. The van der Waals surface area contributed by atoms with Crippen molar-refractivity contribution in [2.45, 2.75) is 32.8 Å². The van der Waals surface area contributed by atoms with Crippen LogP contribution in [0.5, 0.6) is 11.5 Å². The third-order valence-corrected chi connectivity index (χ3v) is 4.03. The smallest absolute Gasteiger partial charge is 0.260 e. The van der Waals surface area contributed by atoms with Crippen molar-refractivity contribution >= 4 is 11.8 Å². The molecule has 0 spiro atoms. The molecule has 0 aliphatic heterocycles. The minimum absolute atomic E-state index is 0.0311. The molecule has 3 N–H and O–H groups in total. The van der Waals surface area contributed by atoms with E-state index in [1.54, 1.807) is 19.1 Å². The highest BCUT2D eigenvalue weighted by Gasteiger charge is 2.17. The maximum absolute atomic E-state index is 12.2. The van der Waals surface area contributed by atoms with Crippen LogP contribution < -0.4 is 15.4 Å². The highest BCUT2D eigenvalue weighted by molar-refractivity contribution is 5.94. The van der Waals surface area contributed by atoms with E-state index in [9.17, 15) is 14.7 Å². The maximum Gasteiger partial charge on any atom is 0.260 e. The maximum atomic E-state index is 12.2. The van der Waals surface area contributed by atoms with Crippen LogP contribution in [-0.2, 0) is 4.79 Å². The fraction of sp³-hybridized carbons (Fsp3) is 0.333. The summed E-state index contributed by atoms with van der Waals surface area (Å²) in [5, 5.41) is 14.8. The van der Waals surface area contributed by atoms with E-state index in [-0.39, 0.29) is 30.7 Å². The molecule has 0 aliphatic rings. The van der Waals surface area contributed by atoms with Gasteiger partial charge in [0.25, 0.3) is 11.8 Å². The molecule has 2 aromatic rings. The number of carbonyl (C=O) groups is 2. The number of carbonyl (C=O) groups excluding carboxylic acids is 2. The Hall–Kier alpha value is -3.02. The first kappa shape index (κ1) is 20.3. The quantitative estimate of drug-likeness (QED) is 0.624. The number of nitrogens with one attached hydrogen (secondary N) is 2. The lowest BCUT2D eigenvalue weighted by atomic mass is 10.0. The Balaban J connectivity index is 1.78. The standard InChI is InChI=1S/C21H26N2O4/c1-14(2)18-9-4-5-10-19(18)27-15(3)20(25)22-11-12-23-21(26)16-7-6-8-17(24)13-16/h4-10,13-15,24H,11-12H2,1-3H3,(H,22,25)(H,23,26). The molecule has 0 aliphatic carbocycles. The van der Waals surface area contributed by atoms with Gasteiger partial charge in [-0.05, 0) is 42.7 Å². The van der Waals surface area contributed by atoms with E-state index < -0.39 is 6.10 Å². The number of ether oxygens (including phenoxy) is 1. The largest absolute Gasteiger partial charge is 0.508 e. The second-order valence-corrected chi connectivity index (χ2v) is 6.55. The normalized spacial score (nSPS) is 11.7. The van der Waals surface area contributed by atoms with Crippen molar-refractivity contribution in [1.82, 2.24) is 10.6 Å². The predicted octanol–water partition coefficient (Wildman–Crippen LogP) is 2.83. The van der Waals surface area contributed by atoms with Crippen LogP contribution in [0.4, 0.5) is 0 Å². The predicted molar refractivity (Wildman–Crippen MR) is 104 cm³/mol. The molecule has 2 amide bonds. The Morgan fingerprint density at radius 2 is 1.70 bits per heavy atom. The number of hydrogen-bond acceptors (Lipinski definition) is 4. The number of para-hydroxylation sites is 1. The zero-order valence-corrected chi connectivity index (χ0v) is 15.9. The molecule has 2 rings (SSSR count). The SMILES string of the molecule is CC(Oc1ccccc1C(C)C)C(=O)NCCNC(=O)c1cccc(O)c1. The second-order valence-electron chi connectivity index (χ2n) is 6.55. The van der Waals surface area contributed by atoms with Gasteiger partial charge in [-0.25, -0.2) is 0 Å². The van der Waals surface area contributed by atoms with Crippen molar-refractivity contribution in [3.8, 4) is 11.5 Å². The van der Waals surface area contributed by atoms with Crippen molar-refractivity contribution in [1.29, 1.82) is 0 Å². The minimum atomic E-state index is -0.647. The summed E-state index contributed by atoms with van der Waals surface area (Å²) in [6, 6.07) is 13.8. The number of aromatic hydroxyl groups is 1. The molecule has 6 nitrogen and oxygen atoms in total. The van der Waals surface area contributed by atoms with Crippen LogP contribution >= 0.6 is 0 Å². The first-order valence-corrected chi connectivity index (χ1v) is 8.99. The molecule has 0 fully saturated rings. The van der Waals surface area contributed by atoms with Crippen molar-refractivity contribution in [3.05, 3.63) is 59.7 Å². The number of phenolic OH excluding ortho intramolecular Hbond substituents is 1. The van der Waals surface area contributed by atoms with Gasteiger partial charge in [0.15, 0.2) is 6.10 Å². The number of rotatable bonds is 8. The summed E-state index contributed by atoms with van der Waals surface area (Å²) in [6.07, 6.45) is -0.647. The summed E-state index contributed by atoms with van der Waals surface area (Å²) in [6.45, 7) is 6.39. The van der Waals surface area contributed by atoms with E-state index in [0.29, 0.717) is 17.2 Å². The van der Waals surface area contributed by atoms with Gasteiger partial charge < -0.3 is 20.5 Å². The third-order valence-electron chi connectivity index (χ3n) is 4.03. The zero-order valence-electron chi connectivity index (χ0n) is 15.9. The molecule has 1 atom stereocenters. The monoisotopic (exact) mass is 370 g/mol. The van der Waals surface area contributed by atoms with Gasteiger partial charge in [0.2, 0.25) is 0 Å². The van der Waals surface area contributed by atoms with Gasteiger partial charge >= 0.3 is 0 Å². The van der Waals surface area contributed by atoms with Gasteiger partial charge in [0.1, 0.15) is 11.5 Å². The van der Waals surface area contributed by atoms with Crippen LogP contribution in [-0.4, -0.2) is 36.1 Å². The molecule has 0 bridgehead atoms. The van der Waals surface area contributed by atoms with Crippen LogP contribution in [0.25, 0.3) is 0 Å². The molecule has 6 heteroatoms. The Morgan fingerprint density at radius 1 is 1.00 bits per heavy atom. The molecule has 2 aromatic carbocycles. The molecule has 0 heterocycles. The summed E-state index contributed by atoms with van der Waals surface area (Å²) in [5.41, 5.74) is 1.42. The Morgan fingerprint density at radius 3 is 2.41 bits per heavy atom. The molecular weight excluding hydrogens is 344 g/mol. The molecular formula is C21H26N2O4. The molecule has 0 radical (unpaired) electrons. The third kappa shape index (κ3) is 6.02. The van der Waals surface area contributed by atoms with E-state index in [1.165, 1.54) is 12.1 Å².